The molecule has 1 saturated carbocycles. The highest BCUT2D eigenvalue weighted by atomic mass is 16.1. The summed E-state index contributed by atoms with van der Waals surface area (Å²) in [6.45, 7) is 0. The minimum absolute atomic E-state index is 0.261. The topological polar surface area (TPSA) is 29.1 Å². The first-order valence-electron chi connectivity index (χ1n) is 4.82. The average molecular weight is 163 g/mol. The van der Waals surface area contributed by atoms with E-state index in [9.17, 15) is 4.79 Å². The number of hydrogen-bond acceptors (Lipinski definition) is 1. The zero-order valence-corrected chi connectivity index (χ0v) is 6.99. The SMILES string of the molecule is O=C1CC[C@@H]2[C@H](N1)[C@@H]1C=C[C@H]2C1. The number of carbonyl (C=O) groups is 1. The molecule has 1 amide bonds. The Bertz CT molecular complexity index is 259. The molecule has 2 aliphatic carbocycles. The minimum atomic E-state index is 0.261. The van der Waals surface area contributed by atoms with Gasteiger partial charge in [-0.2, -0.15) is 0 Å². The Kier molecular flexibility index (Phi) is 1.18. The number of hydrogen-bond donors (Lipinski definition) is 1. The van der Waals surface area contributed by atoms with Gasteiger partial charge < -0.3 is 5.32 Å². The molecule has 2 bridgehead atoms. The second-order valence-corrected chi connectivity index (χ2v) is 4.24. The van der Waals surface area contributed by atoms with Crippen LogP contribution in [0.1, 0.15) is 19.3 Å². The highest BCUT2D eigenvalue weighted by Gasteiger charge is 2.46. The molecule has 3 rings (SSSR count). The van der Waals surface area contributed by atoms with Gasteiger partial charge in [0.1, 0.15) is 0 Å². The zero-order chi connectivity index (χ0) is 8.13. The van der Waals surface area contributed by atoms with Crippen molar-refractivity contribution in [2.24, 2.45) is 17.8 Å². The number of amides is 1. The molecule has 0 aromatic rings. The fourth-order valence-electron chi connectivity index (χ4n) is 3.09. The maximum absolute atomic E-state index is 11.1. The summed E-state index contributed by atoms with van der Waals surface area (Å²) < 4.78 is 0. The highest BCUT2D eigenvalue weighted by molar-refractivity contribution is 5.77. The summed E-state index contributed by atoms with van der Waals surface area (Å²) in [7, 11) is 0. The molecule has 1 heterocycles. The smallest absolute Gasteiger partial charge is 0.220 e. The Morgan fingerprint density at radius 1 is 1.33 bits per heavy atom. The summed E-state index contributed by atoms with van der Waals surface area (Å²) in [6, 6.07) is 0.487. The summed E-state index contributed by atoms with van der Waals surface area (Å²) in [5.74, 6) is 2.46. The number of rotatable bonds is 0. The lowest BCUT2D eigenvalue weighted by molar-refractivity contribution is -0.124. The van der Waals surface area contributed by atoms with Crippen LogP contribution in [0.2, 0.25) is 0 Å². The first-order valence-corrected chi connectivity index (χ1v) is 4.82. The van der Waals surface area contributed by atoms with Gasteiger partial charge in [-0.05, 0) is 30.6 Å². The Hall–Kier alpha value is -0.790. The maximum Gasteiger partial charge on any atom is 0.220 e. The number of nitrogens with one attached hydrogen (secondary N) is 1. The molecule has 4 atom stereocenters. The third kappa shape index (κ3) is 0.728. The Morgan fingerprint density at radius 2 is 2.17 bits per heavy atom. The predicted octanol–water partition coefficient (Wildman–Crippen LogP) is 1.09. The van der Waals surface area contributed by atoms with Crippen molar-refractivity contribution in [1.82, 2.24) is 5.32 Å². The monoisotopic (exact) mass is 163 g/mol. The van der Waals surface area contributed by atoms with Crippen LogP contribution in [-0.4, -0.2) is 11.9 Å². The average Bonchev–Trinajstić information content (AvgIpc) is 2.63. The number of piperidine rings is 1. The summed E-state index contributed by atoms with van der Waals surface area (Å²) in [5, 5.41) is 3.12. The van der Waals surface area contributed by atoms with Crippen molar-refractivity contribution in [2.45, 2.75) is 25.3 Å². The van der Waals surface area contributed by atoms with E-state index in [0.717, 1.165) is 24.7 Å². The molecule has 3 aliphatic rings. The maximum atomic E-state index is 11.1. The summed E-state index contributed by atoms with van der Waals surface area (Å²) >= 11 is 0. The molecule has 0 aromatic carbocycles. The van der Waals surface area contributed by atoms with Crippen molar-refractivity contribution in [1.29, 1.82) is 0 Å². The van der Waals surface area contributed by atoms with E-state index in [1.165, 1.54) is 6.42 Å². The summed E-state index contributed by atoms with van der Waals surface area (Å²) in [5.41, 5.74) is 0. The normalized spacial score (nSPS) is 49.2. The molecular formula is C10H13NO. The van der Waals surface area contributed by atoms with E-state index in [4.69, 9.17) is 0 Å². The van der Waals surface area contributed by atoms with Gasteiger partial charge in [-0.1, -0.05) is 12.2 Å². The fourth-order valence-corrected chi connectivity index (χ4v) is 3.09. The van der Waals surface area contributed by atoms with Crippen molar-refractivity contribution in [2.75, 3.05) is 0 Å². The largest absolute Gasteiger partial charge is 0.352 e. The summed E-state index contributed by atoms with van der Waals surface area (Å²) in [6.07, 6.45) is 7.79. The first-order chi connectivity index (χ1) is 5.84. The molecule has 64 valence electrons. The molecule has 2 nitrogen and oxygen atoms in total. The highest BCUT2D eigenvalue weighted by Crippen LogP contribution is 2.46. The van der Waals surface area contributed by atoms with Crippen molar-refractivity contribution < 1.29 is 4.79 Å². The van der Waals surface area contributed by atoms with Crippen LogP contribution in [0.25, 0.3) is 0 Å². The number of fused-ring (bicyclic) bond motifs is 5. The van der Waals surface area contributed by atoms with Crippen LogP contribution in [0.4, 0.5) is 0 Å². The lowest BCUT2D eigenvalue weighted by Crippen LogP contribution is -2.46. The van der Waals surface area contributed by atoms with Crippen LogP contribution in [0, 0.1) is 17.8 Å². The van der Waals surface area contributed by atoms with Gasteiger partial charge >= 0.3 is 0 Å². The molecule has 12 heavy (non-hydrogen) atoms. The molecule has 2 fully saturated rings. The van der Waals surface area contributed by atoms with E-state index < -0.39 is 0 Å². The lowest BCUT2D eigenvalue weighted by atomic mass is 9.83. The van der Waals surface area contributed by atoms with Crippen LogP contribution in [0.3, 0.4) is 0 Å². The van der Waals surface area contributed by atoms with Gasteiger partial charge in [-0.3, -0.25) is 4.79 Å². The van der Waals surface area contributed by atoms with Crippen molar-refractivity contribution in [3.8, 4) is 0 Å². The Morgan fingerprint density at radius 3 is 3.08 bits per heavy atom. The van der Waals surface area contributed by atoms with Crippen LogP contribution in [0.15, 0.2) is 12.2 Å². The lowest BCUT2D eigenvalue weighted by Gasteiger charge is -2.32. The fraction of sp³-hybridized carbons (Fsp3) is 0.700. The number of allylic oxidation sites excluding steroid dienone is 1. The Balaban J connectivity index is 1.90. The van der Waals surface area contributed by atoms with E-state index >= 15 is 0 Å². The molecule has 2 heteroatoms. The van der Waals surface area contributed by atoms with E-state index in [0.29, 0.717) is 12.0 Å². The quantitative estimate of drug-likeness (QED) is 0.532. The van der Waals surface area contributed by atoms with Crippen molar-refractivity contribution >= 4 is 5.91 Å². The van der Waals surface area contributed by atoms with Gasteiger partial charge in [0.25, 0.3) is 0 Å². The van der Waals surface area contributed by atoms with E-state index in [1.807, 2.05) is 0 Å². The van der Waals surface area contributed by atoms with Crippen molar-refractivity contribution in [3.63, 3.8) is 0 Å². The molecule has 1 N–H and O–H groups in total. The van der Waals surface area contributed by atoms with Gasteiger partial charge in [0, 0.05) is 12.5 Å². The van der Waals surface area contributed by atoms with Gasteiger partial charge in [-0.15, -0.1) is 0 Å². The van der Waals surface area contributed by atoms with Gasteiger partial charge in [0.15, 0.2) is 0 Å². The van der Waals surface area contributed by atoms with Gasteiger partial charge in [-0.25, -0.2) is 0 Å². The first kappa shape index (κ1) is 6.70. The molecule has 0 radical (unpaired) electrons. The van der Waals surface area contributed by atoms with Crippen molar-refractivity contribution in [3.05, 3.63) is 12.2 Å². The molecule has 0 unspecified atom stereocenters. The zero-order valence-electron chi connectivity index (χ0n) is 6.99. The van der Waals surface area contributed by atoms with Gasteiger partial charge in [0.05, 0.1) is 0 Å². The molecular weight excluding hydrogens is 150 g/mol. The van der Waals surface area contributed by atoms with E-state index in [-0.39, 0.29) is 5.91 Å². The molecule has 1 saturated heterocycles. The minimum Gasteiger partial charge on any atom is -0.352 e. The van der Waals surface area contributed by atoms with Crippen LogP contribution >= 0.6 is 0 Å². The van der Waals surface area contributed by atoms with Gasteiger partial charge in [0.2, 0.25) is 5.91 Å². The Labute approximate surface area is 72.0 Å². The van der Waals surface area contributed by atoms with E-state index in [2.05, 4.69) is 17.5 Å². The molecule has 1 aliphatic heterocycles. The number of carbonyl (C=O) groups excluding carboxylic acids is 1. The second-order valence-electron chi connectivity index (χ2n) is 4.24. The van der Waals surface area contributed by atoms with Crippen LogP contribution in [0.5, 0.6) is 0 Å². The molecule has 0 aromatic heterocycles. The van der Waals surface area contributed by atoms with Crippen LogP contribution < -0.4 is 5.32 Å². The predicted molar refractivity (Wildman–Crippen MR) is 45.4 cm³/mol. The third-order valence-corrected chi connectivity index (χ3v) is 3.65. The molecule has 0 spiro atoms. The van der Waals surface area contributed by atoms with E-state index in [1.54, 1.807) is 0 Å². The van der Waals surface area contributed by atoms with Crippen LogP contribution in [-0.2, 0) is 4.79 Å². The second kappa shape index (κ2) is 2.12. The summed E-state index contributed by atoms with van der Waals surface area (Å²) in [4.78, 5) is 11.1. The standard InChI is InChI=1S/C10H13NO/c12-9-4-3-8-6-1-2-7(5-6)10(8)11-9/h1-2,6-8,10H,3-5H2,(H,11,12)/t6-,7+,8-,10+/m0/s1. The third-order valence-electron chi connectivity index (χ3n) is 3.65.